The summed E-state index contributed by atoms with van der Waals surface area (Å²) in [5.74, 6) is 1.83. The number of para-hydroxylation sites is 3. The van der Waals surface area contributed by atoms with E-state index in [2.05, 4.69) is 126 Å². The second-order valence-corrected chi connectivity index (χ2v) is 14.0. The predicted octanol–water partition coefficient (Wildman–Crippen LogP) is 13.2. The van der Waals surface area contributed by atoms with Crippen LogP contribution in [-0.4, -0.2) is 19.5 Å². The standard InChI is InChI=1S/C51H32N4O/c1-4-15-33(16-5-1)36-27-29-45-42(31-36)39-21-10-12-25-44(39)55(45)48-38(37-28-30-47-43(32-37)40-22-11-13-26-46(40)56-47)23-14-24-41(48)51-53-49(34-17-6-2-7-18-34)52-50(54-51)35-19-8-3-9-20-35/h1-32H. The van der Waals surface area contributed by atoms with Crippen LogP contribution in [0, 0.1) is 0 Å². The van der Waals surface area contributed by atoms with Crippen molar-refractivity contribution in [3.63, 3.8) is 0 Å². The van der Waals surface area contributed by atoms with Crippen LogP contribution in [0.1, 0.15) is 0 Å². The van der Waals surface area contributed by atoms with Crippen LogP contribution in [0.2, 0.25) is 0 Å². The fraction of sp³-hybridized carbons (Fsp3) is 0. The molecule has 0 atom stereocenters. The summed E-state index contributed by atoms with van der Waals surface area (Å²) in [5.41, 5.74) is 12.1. The van der Waals surface area contributed by atoms with E-state index in [1.807, 2.05) is 72.8 Å². The predicted molar refractivity (Wildman–Crippen MR) is 229 cm³/mol. The lowest BCUT2D eigenvalue weighted by Gasteiger charge is -2.19. The lowest BCUT2D eigenvalue weighted by atomic mass is 9.97. The van der Waals surface area contributed by atoms with Crippen molar-refractivity contribution in [1.82, 2.24) is 19.5 Å². The SMILES string of the molecule is c1ccc(-c2ccc3c(c2)c2ccccc2n3-c2c(-c3ccc4oc5ccccc5c4c3)cccc2-c2nc(-c3ccccc3)nc(-c3ccccc3)n2)cc1. The van der Waals surface area contributed by atoms with Crippen LogP contribution in [0.5, 0.6) is 0 Å². The summed E-state index contributed by atoms with van der Waals surface area (Å²) in [5, 5.41) is 4.50. The zero-order valence-electron chi connectivity index (χ0n) is 30.2. The summed E-state index contributed by atoms with van der Waals surface area (Å²) < 4.78 is 8.68. The van der Waals surface area contributed by atoms with Crippen molar-refractivity contribution >= 4 is 43.7 Å². The van der Waals surface area contributed by atoms with Gasteiger partial charge >= 0.3 is 0 Å². The zero-order valence-corrected chi connectivity index (χ0v) is 30.2. The maximum Gasteiger partial charge on any atom is 0.166 e. The molecule has 0 saturated heterocycles. The molecule has 11 aromatic rings. The highest BCUT2D eigenvalue weighted by molar-refractivity contribution is 6.12. The van der Waals surface area contributed by atoms with Gasteiger partial charge in [0, 0.05) is 43.8 Å². The minimum Gasteiger partial charge on any atom is -0.456 e. The van der Waals surface area contributed by atoms with Crippen molar-refractivity contribution in [2.45, 2.75) is 0 Å². The molecule has 0 amide bonds. The van der Waals surface area contributed by atoms with Crippen molar-refractivity contribution in [3.05, 3.63) is 194 Å². The number of furan rings is 1. The number of rotatable bonds is 6. The first-order valence-corrected chi connectivity index (χ1v) is 18.8. The van der Waals surface area contributed by atoms with Gasteiger partial charge in [0.25, 0.3) is 0 Å². The molecule has 0 unspecified atom stereocenters. The average molecular weight is 717 g/mol. The third-order valence-corrected chi connectivity index (χ3v) is 10.7. The third-order valence-electron chi connectivity index (χ3n) is 10.7. The van der Waals surface area contributed by atoms with Crippen LogP contribution >= 0.6 is 0 Å². The van der Waals surface area contributed by atoms with Crippen molar-refractivity contribution in [2.75, 3.05) is 0 Å². The van der Waals surface area contributed by atoms with Gasteiger partial charge in [-0.25, -0.2) is 15.0 Å². The Morgan fingerprint density at radius 2 is 0.857 bits per heavy atom. The number of benzene rings is 8. The molecule has 0 aliphatic heterocycles. The molecule has 0 aliphatic carbocycles. The molecular formula is C51H32N4O. The molecule has 0 radical (unpaired) electrons. The quantitative estimate of drug-likeness (QED) is 0.172. The Morgan fingerprint density at radius 3 is 1.59 bits per heavy atom. The molecular weight excluding hydrogens is 685 g/mol. The van der Waals surface area contributed by atoms with E-state index in [1.54, 1.807) is 0 Å². The van der Waals surface area contributed by atoms with Gasteiger partial charge < -0.3 is 8.98 Å². The van der Waals surface area contributed by atoms with Gasteiger partial charge in [-0.2, -0.15) is 0 Å². The number of hydrogen-bond donors (Lipinski definition) is 0. The second kappa shape index (κ2) is 13.0. The zero-order chi connectivity index (χ0) is 37.0. The summed E-state index contributed by atoms with van der Waals surface area (Å²) in [6, 6.07) is 67.5. The Kier molecular flexibility index (Phi) is 7.42. The second-order valence-electron chi connectivity index (χ2n) is 14.0. The van der Waals surface area contributed by atoms with E-state index in [9.17, 15) is 0 Å². The maximum atomic E-state index is 6.28. The van der Waals surface area contributed by atoms with E-state index in [0.29, 0.717) is 17.5 Å². The van der Waals surface area contributed by atoms with Gasteiger partial charge in [-0.15, -0.1) is 0 Å². The van der Waals surface area contributed by atoms with Crippen molar-refractivity contribution in [1.29, 1.82) is 0 Å². The first-order chi connectivity index (χ1) is 27.8. The fourth-order valence-electron chi connectivity index (χ4n) is 8.04. The molecule has 56 heavy (non-hydrogen) atoms. The van der Waals surface area contributed by atoms with Crippen LogP contribution in [0.4, 0.5) is 0 Å². The number of nitrogens with zero attached hydrogens (tertiary/aromatic N) is 4. The average Bonchev–Trinajstić information content (AvgIpc) is 3.82. The third kappa shape index (κ3) is 5.29. The molecule has 8 aromatic carbocycles. The Morgan fingerprint density at radius 1 is 0.321 bits per heavy atom. The summed E-state index contributed by atoms with van der Waals surface area (Å²) in [6.45, 7) is 0. The van der Waals surface area contributed by atoms with Gasteiger partial charge in [-0.05, 0) is 59.2 Å². The molecule has 5 heteroatoms. The number of fused-ring (bicyclic) bond motifs is 6. The van der Waals surface area contributed by atoms with Gasteiger partial charge in [0.1, 0.15) is 11.2 Å². The minimum absolute atomic E-state index is 0.594. The fourth-order valence-corrected chi connectivity index (χ4v) is 8.04. The molecule has 0 spiro atoms. The minimum atomic E-state index is 0.594. The van der Waals surface area contributed by atoms with Gasteiger partial charge in [0.2, 0.25) is 0 Å². The summed E-state index contributed by atoms with van der Waals surface area (Å²) >= 11 is 0. The molecule has 0 saturated carbocycles. The van der Waals surface area contributed by atoms with Gasteiger partial charge in [-0.1, -0.05) is 152 Å². The smallest absolute Gasteiger partial charge is 0.166 e. The van der Waals surface area contributed by atoms with E-state index in [0.717, 1.165) is 66.5 Å². The molecule has 0 fully saturated rings. The van der Waals surface area contributed by atoms with E-state index in [1.165, 1.54) is 21.9 Å². The Balaban J connectivity index is 1.24. The molecule has 11 rings (SSSR count). The highest BCUT2D eigenvalue weighted by Crippen LogP contribution is 2.43. The molecule has 5 nitrogen and oxygen atoms in total. The highest BCUT2D eigenvalue weighted by atomic mass is 16.3. The lowest BCUT2D eigenvalue weighted by molar-refractivity contribution is 0.669. The molecule has 262 valence electrons. The van der Waals surface area contributed by atoms with Crippen LogP contribution in [-0.2, 0) is 0 Å². The Bertz CT molecular complexity index is 3180. The number of hydrogen-bond acceptors (Lipinski definition) is 4. The van der Waals surface area contributed by atoms with Gasteiger partial charge in [0.05, 0.1) is 16.7 Å². The van der Waals surface area contributed by atoms with Crippen LogP contribution < -0.4 is 0 Å². The monoisotopic (exact) mass is 716 g/mol. The van der Waals surface area contributed by atoms with Crippen LogP contribution in [0.25, 0.3) is 106 Å². The van der Waals surface area contributed by atoms with E-state index >= 15 is 0 Å². The van der Waals surface area contributed by atoms with Gasteiger partial charge in [0.15, 0.2) is 17.5 Å². The van der Waals surface area contributed by atoms with Crippen LogP contribution in [0.15, 0.2) is 199 Å². The van der Waals surface area contributed by atoms with E-state index < -0.39 is 0 Å². The van der Waals surface area contributed by atoms with E-state index in [4.69, 9.17) is 19.4 Å². The van der Waals surface area contributed by atoms with Crippen molar-refractivity contribution < 1.29 is 4.42 Å². The lowest BCUT2D eigenvalue weighted by Crippen LogP contribution is -2.05. The largest absolute Gasteiger partial charge is 0.456 e. The highest BCUT2D eigenvalue weighted by Gasteiger charge is 2.23. The van der Waals surface area contributed by atoms with Gasteiger partial charge in [-0.3, -0.25) is 0 Å². The van der Waals surface area contributed by atoms with Crippen LogP contribution in [0.3, 0.4) is 0 Å². The Hall–Kier alpha value is -7.63. The molecule has 0 N–H and O–H groups in total. The topological polar surface area (TPSA) is 56.7 Å². The van der Waals surface area contributed by atoms with Crippen molar-refractivity contribution in [2.24, 2.45) is 0 Å². The first-order valence-electron chi connectivity index (χ1n) is 18.8. The maximum absolute atomic E-state index is 6.28. The molecule has 3 heterocycles. The number of aromatic nitrogens is 4. The molecule has 0 bridgehead atoms. The first kappa shape index (κ1) is 31.9. The summed E-state index contributed by atoms with van der Waals surface area (Å²) in [4.78, 5) is 15.5. The Labute approximate surface area is 322 Å². The molecule has 3 aromatic heterocycles. The van der Waals surface area contributed by atoms with E-state index in [-0.39, 0.29) is 0 Å². The molecule has 0 aliphatic rings. The summed E-state index contributed by atoms with van der Waals surface area (Å²) in [7, 11) is 0. The normalized spacial score (nSPS) is 11.6. The van der Waals surface area contributed by atoms with Crippen molar-refractivity contribution in [3.8, 4) is 62.1 Å². The summed E-state index contributed by atoms with van der Waals surface area (Å²) in [6.07, 6.45) is 0.